The Kier molecular flexibility index (Phi) is 7.40. The van der Waals surface area contributed by atoms with Gasteiger partial charge in [0.25, 0.3) is 0 Å². The Morgan fingerprint density at radius 3 is 2.43 bits per heavy atom. The van der Waals surface area contributed by atoms with E-state index in [4.69, 9.17) is 5.73 Å². The van der Waals surface area contributed by atoms with Gasteiger partial charge in [0, 0.05) is 12.0 Å². The summed E-state index contributed by atoms with van der Waals surface area (Å²) >= 11 is 0. The number of hydrogen-bond donors (Lipinski definition) is 3. The maximum absolute atomic E-state index is 12.0. The molecular formula is C17H28N2O2. The zero-order valence-electron chi connectivity index (χ0n) is 13.1. The molecular weight excluding hydrogens is 264 g/mol. The SMILES string of the molecule is CCC(CC)(CO)CNC(=O)C(N)CCc1ccccc1. The number of hydrogen-bond acceptors (Lipinski definition) is 3. The minimum absolute atomic E-state index is 0.0829. The number of rotatable bonds is 9. The third-order valence-electron chi connectivity index (χ3n) is 4.40. The van der Waals surface area contributed by atoms with Crippen molar-refractivity contribution >= 4 is 5.91 Å². The molecule has 0 aromatic heterocycles. The van der Waals surface area contributed by atoms with Gasteiger partial charge in [-0.3, -0.25) is 4.79 Å². The third kappa shape index (κ3) is 5.48. The van der Waals surface area contributed by atoms with Gasteiger partial charge in [-0.05, 0) is 31.2 Å². The van der Waals surface area contributed by atoms with Gasteiger partial charge in [0.15, 0.2) is 0 Å². The largest absolute Gasteiger partial charge is 0.396 e. The Bertz CT molecular complexity index is 408. The highest BCUT2D eigenvalue weighted by molar-refractivity contribution is 5.81. The van der Waals surface area contributed by atoms with Crippen molar-refractivity contribution in [3.8, 4) is 0 Å². The van der Waals surface area contributed by atoms with Gasteiger partial charge in [-0.1, -0.05) is 44.2 Å². The number of benzene rings is 1. The Morgan fingerprint density at radius 2 is 1.90 bits per heavy atom. The first-order chi connectivity index (χ1) is 10.1. The predicted octanol–water partition coefficient (Wildman–Crippen LogP) is 1.86. The van der Waals surface area contributed by atoms with E-state index in [2.05, 4.69) is 5.32 Å². The van der Waals surface area contributed by atoms with Crippen LogP contribution in [0.15, 0.2) is 30.3 Å². The van der Waals surface area contributed by atoms with Crippen LogP contribution in [0.5, 0.6) is 0 Å². The highest BCUT2D eigenvalue weighted by Gasteiger charge is 2.26. The molecule has 0 aliphatic heterocycles. The third-order valence-corrected chi connectivity index (χ3v) is 4.40. The number of nitrogens with two attached hydrogens (primary N) is 1. The van der Waals surface area contributed by atoms with Gasteiger partial charge in [-0.15, -0.1) is 0 Å². The standard InChI is InChI=1S/C17H28N2O2/c1-3-17(4-2,13-20)12-19-16(21)15(18)11-10-14-8-6-5-7-9-14/h5-9,15,20H,3-4,10-13,18H2,1-2H3,(H,19,21). The zero-order valence-corrected chi connectivity index (χ0v) is 13.1. The molecule has 4 N–H and O–H groups in total. The minimum Gasteiger partial charge on any atom is -0.396 e. The van der Waals surface area contributed by atoms with E-state index >= 15 is 0 Å². The number of carbonyl (C=O) groups excluding carboxylic acids is 1. The molecule has 21 heavy (non-hydrogen) atoms. The molecule has 4 nitrogen and oxygen atoms in total. The summed E-state index contributed by atoms with van der Waals surface area (Å²) in [5.74, 6) is -0.134. The van der Waals surface area contributed by atoms with Crippen LogP contribution in [0.3, 0.4) is 0 Å². The van der Waals surface area contributed by atoms with Crippen molar-refractivity contribution in [2.24, 2.45) is 11.1 Å². The van der Waals surface area contributed by atoms with Crippen molar-refractivity contribution < 1.29 is 9.90 Å². The van der Waals surface area contributed by atoms with E-state index in [-0.39, 0.29) is 17.9 Å². The normalized spacial score (nSPS) is 13.0. The number of aliphatic hydroxyl groups excluding tert-OH is 1. The van der Waals surface area contributed by atoms with Gasteiger partial charge >= 0.3 is 0 Å². The van der Waals surface area contributed by atoms with Crippen LogP contribution in [0.2, 0.25) is 0 Å². The van der Waals surface area contributed by atoms with E-state index in [1.54, 1.807) is 0 Å². The maximum atomic E-state index is 12.0. The second kappa shape index (κ2) is 8.80. The van der Waals surface area contributed by atoms with E-state index in [0.29, 0.717) is 13.0 Å². The van der Waals surface area contributed by atoms with Crippen LogP contribution >= 0.6 is 0 Å². The molecule has 1 atom stereocenters. The van der Waals surface area contributed by atoms with Crippen molar-refractivity contribution in [3.63, 3.8) is 0 Å². The molecule has 118 valence electrons. The van der Waals surface area contributed by atoms with Crippen LogP contribution in [0.4, 0.5) is 0 Å². The van der Waals surface area contributed by atoms with E-state index in [1.807, 2.05) is 44.2 Å². The molecule has 0 saturated heterocycles. The Morgan fingerprint density at radius 1 is 1.29 bits per heavy atom. The molecule has 0 fully saturated rings. The molecule has 1 unspecified atom stereocenters. The summed E-state index contributed by atoms with van der Waals surface area (Å²) in [6.45, 7) is 4.62. The van der Waals surface area contributed by atoms with Crippen LogP contribution < -0.4 is 11.1 Å². The van der Waals surface area contributed by atoms with Crippen LogP contribution in [0.25, 0.3) is 0 Å². The highest BCUT2D eigenvalue weighted by atomic mass is 16.3. The molecule has 0 spiro atoms. The van der Waals surface area contributed by atoms with Crippen molar-refractivity contribution in [2.45, 2.75) is 45.6 Å². The minimum atomic E-state index is -0.504. The average molecular weight is 292 g/mol. The summed E-state index contributed by atoms with van der Waals surface area (Å²) in [6, 6.07) is 9.51. The first-order valence-corrected chi connectivity index (χ1v) is 7.75. The van der Waals surface area contributed by atoms with E-state index in [1.165, 1.54) is 5.56 Å². The average Bonchev–Trinajstić information content (AvgIpc) is 2.55. The Labute approximate surface area is 127 Å². The van der Waals surface area contributed by atoms with Gasteiger partial charge in [0.2, 0.25) is 5.91 Å². The van der Waals surface area contributed by atoms with Crippen molar-refractivity contribution in [1.29, 1.82) is 0 Å². The van der Waals surface area contributed by atoms with E-state index in [0.717, 1.165) is 19.3 Å². The van der Waals surface area contributed by atoms with Crippen LogP contribution in [0.1, 0.15) is 38.7 Å². The molecule has 0 radical (unpaired) electrons. The number of aryl methyl sites for hydroxylation is 1. The summed E-state index contributed by atoms with van der Waals surface area (Å²) in [4.78, 5) is 12.0. The topological polar surface area (TPSA) is 75.3 Å². The first kappa shape index (κ1) is 17.7. The summed E-state index contributed by atoms with van der Waals surface area (Å²) < 4.78 is 0. The lowest BCUT2D eigenvalue weighted by atomic mass is 9.83. The van der Waals surface area contributed by atoms with Gasteiger partial charge in [-0.25, -0.2) is 0 Å². The molecule has 0 saturated carbocycles. The second-order valence-electron chi connectivity index (χ2n) is 5.71. The Hall–Kier alpha value is -1.39. The summed E-state index contributed by atoms with van der Waals surface area (Å²) in [5, 5.41) is 12.4. The van der Waals surface area contributed by atoms with E-state index < -0.39 is 6.04 Å². The fourth-order valence-electron chi connectivity index (χ4n) is 2.28. The maximum Gasteiger partial charge on any atom is 0.236 e. The van der Waals surface area contributed by atoms with Crippen LogP contribution in [-0.4, -0.2) is 30.2 Å². The molecule has 0 bridgehead atoms. The number of nitrogens with one attached hydrogen (secondary N) is 1. The molecule has 0 aliphatic rings. The molecule has 1 amide bonds. The lowest BCUT2D eigenvalue weighted by Crippen LogP contribution is -2.46. The van der Waals surface area contributed by atoms with Gasteiger partial charge in [0.05, 0.1) is 12.6 Å². The molecule has 1 aromatic rings. The van der Waals surface area contributed by atoms with Gasteiger partial charge in [-0.2, -0.15) is 0 Å². The fraction of sp³-hybridized carbons (Fsp3) is 0.588. The Balaban J connectivity index is 2.40. The summed E-state index contributed by atoms with van der Waals surface area (Å²) in [6.07, 6.45) is 3.08. The smallest absolute Gasteiger partial charge is 0.236 e. The number of amides is 1. The molecule has 1 aromatic carbocycles. The molecule has 1 rings (SSSR count). The van der Waals surface area contributed by atoms with Crippen molar-refractivity contribution in [1.82, 2.24) is 5.32 Å². The molecule has 0 heterocycles. The monoisotopic (exact) mass is 292 g/mol. The first-order valence-electron chi connectivity index (χ1n) is 7.75. The highest BCUT2D eigenvalue weighted by Crippen LogP contribution is 2.24. The predicted molar refractivity (Wildman–Crippen MR) is 85.8 cm³/mol. The quantitative estimate of drug-likeness (QED) is 0.650. The lowest BCUT2D eigenvalue weighted by Gasteiger charge is -2.30. The number of carbonyl (C=O) groups is 1. The van der Waals surface area contributed by atoms with Crippen LogP contribution in [0, 0.1) is 5.41 Å². The molecule has 0 aliphatic carbocycles. The van der Waals surface area contributed by atoms with Crippen molar-refractivity contribution in [3.05, 3.63) is 35.9 Å². The zero-order chi connectivity index (χ0) is 15.7. The molecule has 4 heteroatoms. The van der Waals surface area contributed by atoms with Crippen LogP contribution in [-0.2, 0) is 11.2 Å². The van der Waals surface area contributed by atoms with E-state index in [9.17, 15) is 9.90 Å². The van der Waals surface area contributed by atoms with Gasteiger partial charge < -0.3 is 16.2 Å². The van der Waals surface area contributed by atoms with Crippen molar-refractivity contribution in [2.75, 3.05) is 13.2 Å². The summed E-state index contributed by atoms with van der Waals surface area (Å²) in [7, 11) is 0. The van der Waals surface area contributed by atoms with Gasteiger partial charge in [0.1, 0.15) is 0 Å². The fourth-order valence-corrected chi connectivity index (χ4v) is 2.28. The lowest BCUT2D eigenvalue weighted by molar-refractivity contribution is -0.123. The summed E-state index contributed by atoms with van der Waals surface area (Å²) in [5.41, 5.74) is 6.90. The second-order valence-corrected chi connectivity index (χ2v) is 5.71. The number of aliphatic hydroxyl groups is 1.